The molecule has 1 atom stereocenters. The molecule has 0 unspecified atom stereocenters. The van der Waals surface area contributed by atoms with Gasteiger partial charge in [0.1, 0.15) is 17.3 Å². The maximum absolute atomic E-state index is 15.5. The zero-order valence-electron chi connectivity index (χ0n) is 14.3. The number of nitrogens with one attached hydrogen (secondary N) is 1. The molecular formula is C18H17F2N5O2. The van der Waals surface area contributed by atoms with Gasteiger partial charge in [0, 0.05) is 17.3 Å². The zero-order valence-corrected chi connectivity index (χ0v) is 14.3. The number of fused-ring (bicyclic) bond motifs is 3. The third kappa shape index (κ3) is 2.02. The second kappa shape index (κ2) is 5.05. The van der Waals surface area contributed by atoms with E-state index >= 15 is 4.39 Å². The number of carbonyl (C=O) groups is 1. The summed E-state index contributed by atoms with van der Waals surface area (Å²) in [5.74, 6) is -1.48. The van der Waals surface area contributed by atoms with Gasteiger partial charge in [0.25, 0.3) is 0 Å². The predicted molar refractivity (Wildman–Crippen MR) is 95.7 cm³/mol. The number of alkyl halides is 1. The molecule has 5 rings (SSSR count). The molecule has 0 amide bonds. The largest absolute Gasteiger partial charge is 0.479 e. The van der Waals surface area contributed by atoms with Crippen molar-refractivity contribution in [2.75, 3.05) is 23.7 Å². The van der Waals surface area contributed by atoms with E-state index < -0.39 is 22.9 Å². The van der Waals surface area contributed by atoms with E-state index in [0.717, 1.165) is 6.42 Å². The summed E-state index contributed by atoms with van der Waals surface area (Å²) in [5.41, 5.74) is 3.51. The minimum Gasteiger partial charge on any atom is -0.479 e. The van der Waals surface area contributed by atoms with Crippen LogP contribution in [0, 0.1) is 11.2 Å². The summed E-state index contributed by atoms with van der Waals surface area (Å²) in [7, 11) is 0. The number of rotatable bonds is 2. The number of carboxylic acids is 1. The second-order valence-electron chi connectivity index (χ2n) is 7.54. The summed E-state index contributed by atoms with van der Waals surface area (Å²) in [4.78, 5) is 24.8. The van der Waals surface area contributed by atoms with Gasteiger partial charge in [0.15, 0.2) is 0 Å². The Kier molecular flexibility index (Phi) is 3.04. The average Bonchev–Trinajstić information content (AvgIpc) is 3.09. The van der Waals surface area contributed by atoms with Crippen molar-refractivity contribution in [1.82, 2.24) is 15.0 Å². The lowest BCUT2D eigenvalue weighted by Crippen LogP contribution is -2.53. The van der Waals surface area contributed by atoms with E-state index in [1.807, 2.05) is 0 Å². The molecule has 1 saturated heterocycles. The Bertz CT molecular complexity index is 1110. The zero-order chi connectivity index (χ0) is 19.0. The number of aromatic amines is 1. The third-order valence-electron chi connectivity index (χ3n) is 6.10. The Morgan fingerprint density at radius 2 is 2.07 bits per heavy atom. The summed E-state index contributed by atoms with van der Waals surface area (Å²) in [6.07, 6.45) is 1.85. The first-order chi connectivity index (χ1) is 12.8. The lowest BCUT2D eigenvalue weighted by molar-refractivity contribution is -0.162. The minimum absolute atomic E-state index is 0.0149. The van der Waals surface area contributed by atoms with Gasteiger partial charge in [0.05, 0.1) is 17.4 Å². The number of carboxylic acid groups (broad SMARTS) is 1. The molecule has 9 heteroatoms. The number of benzene rings is 1. The molecule has 140 valence electrons. The number of hydrogen-bond donors (Lipinski definition) is 3. The van der Waals surface area contributed by atoms with Gasteiger partial charge in [-0.1, -0.05) is 6.42 Å². The van der Waals surface area contributed by atoms with Crippen molar-refractivity contribution in [3.05, 3.63) is 24.0 Å². The summed E-state index contributed by atoms with van der Waals surface area (Å²) in [6, 6.07) is 4.26. The third-order valence-corrected chi connectivity index (χ3v) is 6.10. The van der Waals surface area contributed by atoms with E-state index in [0.29, 0.717) is 40.6 Å². The van der Waals surface area contributed by atoms with Crippen LogP contribution in [0.25, 0.3) is 21.9 Å². The molecular weight excluding hydrogens is 356 g/mol. The molecule has 0 bridgehead atoms. The van der Waals surface area contributed by atoms with Crippen molar-refractivity contribution < 1.29 is 18.7 Å². The fraction of sp³-hybridized carbons (Fsp3) is 0.389. The highest BCUT2D eigenvalue weighted by molar-refractivity contribution is 6.11. The van der Waals surface area contributed by atoms with Crippen LogP contribution < -0.4 is 10.6 Å². The average molecular weight is 373 g/mol. The van der Waals surface area contributed by atoms with E-state index in [9.17, 15) is 14.3 Å². The number of nitrogens with two attached hydrogens (primary N) is 1. The Morgan fingerprint density at radius 1 is 1.30 bits per heavy atom. The van der Waals surface area contributed by atoms with Crippen LogP contribution in [0.4, 0.5) is 20.5 Å². The van der Waals surface area contributed by atoms with Crippen molar-refractivity contribution in [3.8, 4) is 0 Å². The van der Waals surface area contributed by atoms with Gasteiger partial charge >= 0.3 is 5.97 Å². The highest BCUT2D eigenvalue weighted by Crippen LogP contribution is 2.56. The van der Waals surface area contributed by atoms with Crippen LogP contribution in [0.15, 0.2) is 18.2 Å². The number of aromatic nitrogens is 3. The van der Waals surface area contributed by atoms with Gasteiger partial charge in [-0.2, -0.15) is 9.97 Å². The van der Waals surface area contributed by atoms with Crippen LogP contribution in [0.3, 0.4) is 0 Å². The second-order valence-corrected chi connectivity index (χ2v) is 7.54. The molecule has 2 aliphatic rings. The Labute approximate surface area is 152 Å². The SMILES string of the molecule is Nc1nc(N2CC3(CCC3)[C@](F)(C(=O)O)C2)c2c(n1)[nH]c1cc(F)ccc12. The van der Waals surface area contributed by atoms with E-state index in [1.54, 1.807) is 11.0 Å². The number of nitrogens with zero attached hydrogens (tertiary/aromatic N) is 3. The molecule has 4 N–H and O–H groups in total. The number of halogens is 2. The molecule has 7 nitrogen and oxygen atoms in total. The maximum Gasteiger partial charge on any atom is 0.344 e. The van der Waals surface area contributed by atoms with Gasteiger partial charge in [-0.3, -0.25) is 0 Å². The molecule has 0 radical (unpaired) electrons. The summed E-state index contributed by atoms with van der Waals surface area (Å²) in [5, 5.41) is 10.8. The monoisotopic (exact) mass is 373 g/mol. The van der Waals surface area contributed by atoms with Crippen LogP contribution in [-0.4, -0.2) is 44.8 Å². The number of hydrogen-bond acceptors (Lipinski definition) is 5. The molecule has 1 aliphatic heterocycles. The molecule has 1 aromatic carbocycles. The number of nitrogen functional groups attached to an aromatic ring is 1. The van der Waals surface area contributed by atoms with Crippen LogP contribution in [0.1, 0.15) is 19.3 Å². The highest BCUT2D eigenvalue weighted by atomic mass is 19.1. The highest BCUT2D eigenvalue weighted by Gasteiger charge is 2.66. The first-order valence-electron chi connectivity index (χ1n) is 8.75. The van der Waals surface area contributed by atoms with Gasteiger partial charge in [-0.15, -0.1) is 0 Å². The first-order valence-corrected chi connectivity index (χ1v) is 8.75. The molecule has 2 aromatic heterocycles. The lowest BCUT2D eigenvalue weighted by Gasteiger charge is -2.43. The van der Waals surface area contributed by atoms with Gasteiger partial charge in [-0.25, -0.2) is 13.6 Å². The minimum atomic E-state index is -2.34. The summed E-state index contributed by atoms with van der Waals surface area (Å²) >= 11 is 0. The van der Waals surface area contributed by atoms with Gasteiger partial charge in [-0.05, 0) is 31.0 Å². The fourth-order valence-corrected chi connectivity index (χ4v) is 4.58. The van der Waals surface area contributed by atoms with Crippen molar-refractivity contribution in [1.29, 1.82) is 0 Å². The van der Waals surface area contributed by atoms with Crippen molar-refractivity contribution in [2.45, 2.75) is 24.9 Å². The number of H-pyrrole nitrogens is 1. The predicted octanol–water partition coefficient (Wildman–Crippen LogP) is 2.62. The standard InChI is InChI=1S/C18H17F2N5O2/c19-9-2-3-10-11(6-9)22-13-12(10)14(24-16(21)23-13)25-7-17(4-1-5-17)18(20,8-25)15(26)27/h2-3,6H,1,4-5,7-8H2,(H,26,27)(H3,21,22,23,24)/t18-/m1/s1. The van der Waals surface area contributed by atoms with Crippen LogP contribution in [0.2, 0.25) is 0 Å². The Morgan fingerprint density at radius 3 is 2.70 bits per heavy atom. The number of anilines is 2. The van der Waals surface area contributed by atoms with Gasteiger partial charge in [0.2, 0.25) is 11.6 Å². The van der Waals surface area contributed by atoms with E-state index in [1.165, 1.54) is 12.1 Å². The molecule has 1 saturated carbocycles. The molecule has 1 spiro atoms. The van der Waals surface area contributed by atoms with E-state index in [4.69, 9.17) is 5.73 Å². The van der Waals surface area contributed by atoms with Crippen LogP contribution in [0.5, 0.6) is 0 Å². The van der Waals surface area contributed by atoms with Gasteiger partial charge < -0.3 is 20.7 Å². The van der Waals surface area contributed by atoms with Crippen molar-refractivity contribution in [3.63, 3.8) is 0 Å². The molecule has 3 aromatic rings. The van der Waals surface area contributed by atoms with E-state index in [2.05, 4.69) is 15.0 Å². The number of aliphatic carboxylic acids is 1. The quantitative estimate of drug-likeness (QED) is 0.637. The van der Waals surface area contributed by atoms with Crippen LogP contribution in [-0.2, 0) is 4.79 Å². The smallest absolute Gasteiger partial charge is 0.344 e. The summed E-state index contributed by atoms with van der Waals surface area (Å²) in [6.45, 7) is -0.0586. The normalized spacial score (nSPS) is 24.0. The van der Waals surface area contributed by atoms with Crippen molar-refractivity contribution >= 4 is 39.7 Å². The molecule has 2 fully saturated rings. The Balaban J connectivity index is 1.71. The van der Waals surface area contributed by atoms with Crippen molar-refractivity contribution in [2.24, 2.45) is 5.41 Å². The lowest BCUT2D eigenvalue weighted by atomic mass is 9.61. The Hall–Kier alpha value is -2.97. The molecule has 27 heavy (non-hydrogen) atoms. The fourth-order valence-electron chi connectivity index (χ4n) is 4.58. The maximum atomic E-state index is 15.5. The first kappa shape index (κ1) is 16.2. The van der Waals surface area contributed by atoms with E-state index in [-0.39, 0.29) is 19.0 Å². The molecule has 1 aliphatic carbocycles. The molecule has 3 heterocycles. The topological polar surface area (TPSA) is 108 Å². The van der Waals surface area contributed by atoms with Crippen LogP contribution >= 0.6 is 0 Å². The summed E-state index contributed by atoms with van der Waals surface area (Å²) < 4.78 is 29.1.